The number of rotatable bonds is 7. The molecule has 1 amide bonds. The summed E-state index contributed by atoms with van der Waals surface area (Å²) < 4.78 is 57.2. The number of amides is 1. The summed E-state index contributed by atoms with van der Waals surface area (Å²) >= 11 is 0. The number of carbonyl (C=O) groups excluding carboxylic acids is 1. The van der Waals surface area contributed by atoms with Crippen LogP contribution in [0.5, 0.6) is 5.75 Å². The third kappa shape index (κ3) is 5.52. The summed E-state index contributed by atoms with van der Waals surface area (Å²) in [6.45, 7) is 3.98. The van der Waals surface area contributed by atoms with Crippen LogP contribution in [-0.2, 0) is 16.6 Å². The Kier molecular flexibility index (Phi) is 7.41. The van der Waals surface area contributed by atoms with Crippen LogP contribution in [0.1, 0.15) is 31.5 Å². The van der Waals surface area contributed by atoms with Crippen molar-refractivity contribution in [3.63, 3.8) is 0 Å². The number of imidazole rings is 1. The highest BCUT2D eigenvalue weighted by molar-refractivity contribution is 7.84. The zero-order chi connectivity index (χ0) is 24.3. The van der Waals surface area contributed by atoms with Crippen molar-refractivity contribution in [2.45, 2.75) is 50.3 Å². The van der Waals surface area contributed by atoms with E-state index in [1.165, 1.54) is 16.8 Å². The van der Waals surface area contributed by atoms with Crippen molar-refractivity contribution in [3.8, 4) is 5.75 Å². The lowest BCUT2D eigenvalue weighted by molar-refractivity contribution is -0.153. The highest BCUT2D eigenvalue weighted by atomic mass is 32.2. The number of para-hydroxylation sites is 2. The van der Waals surface area contributed by atoms with Gasteiger partial charge in [-0.25, -0.2) is 14.3 Å². The van der Waals surface area contributed by atoms with Gasteiger partial charge in [-0.3, -0.25) is 9.19 Å². The van der Waals surface area contributed by atoms with Crippen LogP contribution in [0.2, 0.25) is 0 Å². The van der Waals surface area contributed by atoms with E-state index in [1.807, 2.05) is 13.8 Å². The SMILES string of the molecule is CCC(C)N(C)C(=O)n1c(S(=O)Cc2nccc(OCC(F)(F)F)c2C)nc2ccccc21. The molecule has 7 nitrogen and oxygen atoms in total. The van der Waals surface area contributed by atoms with Crippen LogP contribution in [0, 0.1) is 6.92 Å². The van der Waals surface area contributed by atoms with Crippen molar-refractivity contribution in [3.05, 3.63) is 47.8 Å². The molecule has 3 rings (SSSR count). The maximum Gasteiger partial charge on any atom is 0.422 e. The molecule has 2 atom stereocenters. The molecule has 33 heavy (non-hydrogen) atoms. The van der Waals surface area contributed by atoms with Crippen LogP contribution in [0.4, 0.5) is 18.0 Å². The lowest BCUT2D eigenvalue weighted by Gasteiger charge is -2.24. The first-order valence-electron chi connectivity index (χ1n) is 10.3. The molecule has 0 radical (unpaired) electrons. The highest BCUT2D eigenvalue weighted by Gasteiger charge is 2.29. The van der Waals surface area contributed by atoms with Gasteiger partial charge >= 0.3 is 12.2 Å². The van der Waals surface area contributed by atoms with E-state index in [1.54, 1.807) is 43.1 Å². The molecule has 2 aromatic heterocycles. The molecular weight excluding hydrogens is 457 g/mol. The molecule has 1 aromatic carbocycles. The fourth-order valence-corrected chi connectivity index (χ4v) is 4.42. The van der Waals surface area contributed by atoms with Crippen LogP contribution in [0.15, 0.2) is 41.7 Å². The third-order valence-corrected chi connectivity index (χ3v) is 6.61. The quantitative estimate of drug-likeness (QED) is 0.488. The molecule has 3 aromatic rings. The van der Waals surface area contributed by atoms with Crippen LogP contribution >= 0.6 is 0 Å². The Morgan fingerprint density at radius 1 is 1.27 bits per heavy atom. The van der Waals surface area contributed by atoms with E-state index >= 15 is 0 Å². The number of pyridine rings is 1. The number of benzene rings is 1. The first kappa shape index (κ1) is 24.7. The van der Waals surface area contributed by atoms with Crippen LogP contribution in [0.3, 0.4) is 0 Å². The molecule has 0 aliphatic heterocycles. The van der Waals surface area contributed by atoms with Crippen molar-refractivity contribution in [1.82, 2.24) is 19.4 Å². The fraction of sp³-hybridized carbons (Fsp3) is 0.409. The van der Waals surface area contributed by atoms with Crippen LogP contribution in [-0.4, -0.2) is 55.5 Å². The summed E-state index contributed by atoms with van der Waals surface area (Å²) in [5.41, 5.74) is 1.68. The topological polar surface area (TPSA) is 77.3 Å². The summed E-state index contributed by atoms with van der Waals surface area (Å²) in [4.78, 5) is 23.4. The minimum absolute atomic E-state index is 0.00964. The molecule has 0 spiro atoms. The Morgan fingerprint density at radius 3 is 2.64 bits per heavy atom. The van der Waals surface area contributed by atoms with E-state index in [0.717, 1.165) is 6.42 Å². The molecule has 0 saturated heterocycles. The average Bonchev–Trinajstić information content (AvgIpc) is 3.17. The van der Waals surface area contributed by atoms with Gasteiger partial charge in [-0.2, -0.15) is 13.2 Å². The Labute approximate surface area is 192 Å². The summed E-state index contributed by atoms with van der Waals surface area (Å²) in [7, 11) is -0.135. The van der Waals surface area contributed by atoms with Gasteiger partial charge in [-0.15, -0.1) is 0 Å². The van der Waals surface area contributed by atoms with Gasteiger partial charge in [0.25, 0.3) is 0 Å². The summed E-state index contributed by atoms with van der Waals surface area (Å²) in [6, 6.07) is 7.88. The number of hydrogen-bond donors (Lipinski definition) is 0. The largest absolute Gasteiger partial charge is 0.484 e. The molecule has 2 unspecified atom stereocenters. The predicted molar refractivity (Wildman–Crippen MR) is 119 cm³/mol. The molecule has 2 heterocycles. The molecule has 0 bridgehead atoms. The Bertz CT molecular complexity index is 1180. The Morgan fingerprint density at radius 2 is 1.97 bits per heavy atom. The van der Waals surface area contributed by atoms with Gasteiger partial charge in [0, 0.05) is 24.8 Å². The number of fused-ring (bicyclic) bond motifs is 1. The van der Waals surface area contributed by atoms with Gasteiger partial charge in [-0.1, -0.05) is 19.1 Å². The van der Waals surface area contributed by atoms with Crippen molar-refractivity contribution in [1.29, 1.82) is 0 Å². The molecule has 0 fully saturated rings. The fourth-order valence-electron chi connectivity index (χ4n) is 3.17. The number of hydrogen-bond acceptors (Lipinski definition) is 5. The first-order valence-corrected chi connectivity index (χ1v) is 11.6. The number of nitrogens with zero attached hydrogens (tertiary/aromatic N) is 4. The van der Waals surface area contributed by atoms with Gasteiger partial charge in [0.15, 0.2) is 6.61 Å². The number of carbonyl (C=O) groups is 1. The molecule has 0 aliphatic rings. The molecular formula is C22H25F3N4O3S. The predicted octanol–water partition coefficient (Wildman–Crippen LogP) is 4.69. The van der Waals surface area contributed by atoms with Crippen LogP contribution in [0.25, 0.3) is 11.0 Å². The first-order chi connectivity index (χ1) is 15.5. The van der Waals surface area contributed by atoms with Gasteiger partial charge in [0.1, 0.15) is 5.75 Å². The second kappa shape index (κ2) is 9.90. The smallest absolute Gasteiger partial charge is 0.422 e. The van der Waals surface area contributed by atoms with Crippen molar-refractivity contribution in [2.24, 2.45) is 0 Å². The normalized spacial score (nSPS) is 13.7. The molecule has 11 heteroatoms. The minimum Gasteiger partial charge on any atom is -0.484 e. The van der Waals surface area contributed by atoms with Gasteiger partial charge in [0.2, 0.25) is 5.16 Å². The second-order valence-corrected chi connectivity index (χ2v) is 8.99. The zero-order valence-corrected chi connectivity index (χ0v) is 19.5. The second-order valence-electron chi connectivity index (χ2n) is 7.64. The van der Waals surface area contributed by atoms with E-state index in [4.69, 9.17) is 4.74 Å². The highest BCUT2D eigenvalue weighted by Crippen LogP contribution is 2.26. The number of halogens is 3. The van der Waals surface area contributed by atoms with Crippen molar-refractivity contribution >= 4 is 27.9 Å². The lowest BCUT2D eigenvalue weighted by Crippen LogP contribution is -2.38. The third-order valence-electron chi connectivity index (χ3n) is 5.40. The number of alkyl halides is 3. The van der Waals surface area contributed by atoms with Gasteiger partial charge in [-0.05, 0) is 38.5 Å². The standard InChI is InChI=1S/C22H25F3N4O3S/c1-5-14(2)28(4)21(30)29-18-9-7-6-8-16(18)27-20(29)33(31)12-17-15(3)19(10-11-26-17)32-13-22(23,24)25/h6-11,14H,5,12-13H2,1-4H3. The lowest BCUT2D eigenvalue weighted by atomic mass is 10.2. The Hall–Kier alpha value is -2.95. The summed E-state index contributed by atoms with van der Waals surface area (Å²) in [5.74, 6) is -0.131. The summed E-state index contributed by atoms with van der Waals surface area (Å²) in [6.07, 6.45) is -2.44. The van der Waals surface area contributed by atoms with Crippen molar-refractivity contribution < 1.29 is 26.9 Å². The van der Waals surface area contributed by atoms with E-state index in [2.05, 4.69) is 9.97 Å². The zero-order valence-electron chi connectivity index (χ0n) is 18.7. The monoisotopic (exact) mass is 482 g/mol. The Balaban J connectivity index is 1.96. The molecule has 178 valence electrons. The van der Waals surface area contributed by atoms with Gasteiger partial charge in [0.05, 0.1) is 33.3 Å². The minimum atomic E-state index is -4.48. The van der Waals surface area contributed by atoms with E-state index in [9.17, 15) is 22.2 Å². The maximum atomic E-state index is 13.3. The summed E-state index contributed by atoms with van der Waals surface area (Å²) in [5, 5.41) is 0.0548. The van der Waals surface area contributed by atoms with E-state index < -0.39 is 23.6 Å². The number of aromatic nitrogens is 3. The van der Waals surface area contributed by atoms with Crippen LogP contribution < -0.4 is 4.74 Å². The van der Waals surface area contributed by atoms with E-state index in [0.29, 0.717) is 22.3 Å². The number of ether oxygens (including phenoxy) is 1. The molecule has 0 aliphatic carbocycles. The average molecular weight is 483 g/mol. The van der Waals surface area contributed by atoms with Crippen molar-refractivity contribution in [2.75, 3.05) is 13.7 Å². The maximum absolute atomic E-state index is 13.3. The molecule has 0 N–H and O–H groups in total. The molecule has 0 saturated carbocycles. The van der Waals surface area contributed by atoms with E-state index in [-0.39, 0.29) is 28.7 Å². The van der Waals surface area contributed by atoms with Gasteiger partial charge < -0.3 is 9.64 Å².